The molecule has 102 valence electrons. The van der Waals surface area contributed by atoms with Gasteiger partial charge in [-0.05, 0) is 43.7 Å². The second-order valence-corrected chi connectivity index (χ2v) is 5.56. The zero-order valence-electron chi connectivity index (χ0n) is 11.2. The van der Waals surface area contributed by atoms with Gasteiger partial charge in [-0.1, -0.05) is 12.8 Å². The van der Waals surface area contributed by atoms with Gasteiger partial charge in [0.25, 0.3) is 0 Å². The first-order valence-corrected chi connectivity index (χ1v) is 6.61. The summed E-state index contributed by atoms with van der Waals surface area (Å²) in [6, 6.07) is 6.32. The number of rotatable bonds is 4. The summed E-state index contributed by atoms with van der Waals surface area (Å²) in [4.78, 5) is 1.99. The van der Waals surface area contributed by atoms with Crippen LogP contribution in [-0.2, 0) is 6.54 Å². The van der Waals surface area contributed by atoms with Crippen LogP contribution in [0.5, 0.6) is 0 Å². The van der Waals surface area contributed by atoms with Gasteiger partial charge >= 0.3 is 0 Å². The minimum absolute atomic E-state index is 0.336. The van der Waals surface area contributed by atoms with Crippen LogP contribution in [0.4, 0.5) is 4.39 Å². The molecule has 4 heteroatoms. The normalized spacial score (nSPS) is 17.6. The van der Waals surface area contributed by atoms with E-state index in [2.05, 4.69) is 0 Å². The van der Waals surface area contributed by atoms with Crippen molar-refractivity contribution in [2.45, 2.75) is 37.8 Å². The third-order valence-electron chi connectivity index (χ3n) is 3.64. The van der Waals surface area contributed by atoms with Gasteiger partial charge in [-0.3, -0.25) is 4.90 Å². The molecular formula is C15H19FN2O. The minimum atomic E-state index is -0.597. The lowest BCUT2D eigenvalue weighted by Gasteiger charge is -2.28. The zero-order chi connectivity index (χ0) is 13.9. The topological polar surface area (TPSA) is 47.3 Å². The monoisotopic (exact) mass is 262 g/mol. The molecule has 2 rings (SSSR count). The number of likely N-dealkylation sites (N-methyl/N-ethyl adjacent to an activating group) is 1. The fourth-order valence-electron chi connectivity index (χ4n) is 2.87. The van der Waals surface area contributed by atoms with Crippen LogP contribution in [0.25, 0.3) is 0 Å². The third-order valence-corrected chi connectivity index (χ3v) is 3.64. The molecule has 0 heterocycles. The highest BCUT2D eigenvalue weighted by Gasteiger charge is 2.32. The number of nitriles is 1. The summed E-state index contributed by atoms with van der Waals surface area (Å²) >= 11 is 0. The summed E-state index contributed by atoms with van der Waals surface area (Å²) in [6.07, 6.45) is 3.82. The van der Waals surface area contributed by atoms with E-state index in [0.717, 1.165) is 31.2 Å². The molecule has 3 nitrogen and oxygen atoms in total. The average Bonchev–Trinajstić information content (AvgIpc) is 2.74. The molecule has 0 spiro atoms. The molecule has 0 aliphatic heterocycles. The Labute approximate surface area is 113 Å². The molecule has 1 aliphatic rings. The molecule has 0 aromatic heterocycles. The van der Waals surface area contributed by atoms with Crippen molar-refractivity contribution in [2.75, 3.05) is 13.6 Å². The van der Waals surface area contributed by atoms with E-state index in [0.29, 0.717) is 18.7 Å². The van der Waals surface area contributed by atoms with Gasteiger partial charge in [-0.2, -0.15) is 5.26 Å². The number of aliphatic hydroxyl groups is 1. The van der Waals surface area contributed by atoms with E-state index >= 15 is 0 Å². The highest BCUT2D eigenvalue weighted by atomic mass is 19.1. The quantitative estimate of drug-likeness (QED) is 0.906. The van der Waals surface area contributed by atoms with E-state index in [9.17, 15) is 9.50 Å². The van der Waals surface area contributed by atoms with Crippen LogP contribution < -0.4 is 0 Å². The van der Waals surface area contributed by atoms with Gasteiger partial charge in [0.15, 0.2) is 0 Å². The molecule has 1 saturated carbocycles. The van der Waals surface area contributed by atoms with Gasteiger partial charge in [0, 0.05) is 13.1 Å². The first kappa shape index (κ1) is 14.0. The van der Waals surface area contributed by atoms with Crippen molar-refractivity contribution in [1.29, 1.82) is 5.26 Å². The second kappa shape index (κ2) is 5.68. The van der Waals surface area contributed by atoms with Crippen molar-refractivity contribution in [3.8, 4) is 6.07 Å². The highest BCUT2D eigenvalue weighted by molar-refractivity contribution is 5.33. The largest absolute Gasteiger partial charge is 0.389 e. The fraction of sp³-hybridized carbons (Fsp3) is 0.533. The molecule has 1 aliphatic carbocycles. The molecule has 19 heavy (non-hydrogen) atoms. The Morgan fingerprint density at radius 2 is 2.05 bits per heavy atom. The summed E-state index contributed by atoms with van der Waals surface area (Å²) < 4.78 is 13.3. The summed E-state index contributed by atoms with van der Waals surface area (Å²) in [5.74, 6) is -0.387. The number of benzene rings is 1. The Hall–Kier alpha value is -1.44. The lowest BCUT2D eigenvalue weighted by Crippen LogP contribution is -2.38. The molecule has 0 atom stereocenters. The van der Waals surface area contributed by atoms with Crippen LogP contribution in [0.1, 0.15) is 36.8 Å². The van der Waals surface area contributed by atoms with Crippen LogP contribution in [0.3, 0.4) is 0 Å². The molecule has 0 bridgehead atoms. The molecule has 1 N–H and O–H groups in total. The summed E-state index contributed by atoms with van der Waals surface area (Å²) in [7, 11) is 1.91. The smallest absolute Gasteiger partial charge is 0.124 e. The predicted octanol–water partition coefficient (Wildman–Crippen LogP) is 2.43. The van der Waals surface area contributed by atoms with Crippen LogP contribution in [-0.4, -0.2) is 29.2 Å². The number of hydrogen-bond donors (Lipinski definition) is 1. The Balaban J connectivity index is 2.00. The maximum absolute atomic E-state index is 13.3. The average molecular weight is 262 g/mol. The Kier molecular flexibility index (Phi) is 4.18. The van der Waals surface area contributed by atoms with Gasteiger partial charge in [-0.25, -0.2) is 4.39 Å². The van der Waals surface area contributed by atoms with E-state index in [-0.39, 0.29) is 5.82 Å². The van der Waals surface area contributed by atoms with Gasteiger partial charge in [0.05, 0.1) is 17.2 Å². The lowest BCUT2D eigenvalue weighted by molar-refractivity contribution is 0.0145. The van der Waals surface area contributed by atoms with E-state index in [1.165, 1.54) is 12.1 Å². The standard InChI is InChI=1S/C15H19FN2O/c1-18(11-15(19)4-2-3-5-15)10-13-6-12(9-17)7-14(16)8-13/h6-8,19H,2-5,10-11H2,1H3. The van der Waals surface area contributed by atoms with Crippen molar-refractivity contribution >= 4 is 0 Å². The first-order chi connectivity index (χ1) is 9.00. The molecule has 1 aromatic carbocycles. The van der Waals surface area contributed by atoms with E-state index < -0.39 is 5.60 Å². The number of hydrogen-bond acceptors (Lipinski definition) is 3. The summed E-state index contributed by atoms with van der Waals surface area (Å²) in [6.45, 7) is 1.13. The van der Waals surface area contributed by atoms with Crippen LogP contribution in [0, 0.1) is 17.1 Å². The van der Waals surface area contributed by atoms with Crippen LogP contribution >= 0.6 is 0 Å². The molecule has 1 aromatic rings. The zero-order valence-corrected chi connectivity index (χ0v) is 11.2. The Bertz CT molecular complexity index is 489. The third kappa shape index (κ3) is 3.76. The predicted molar refractivity (Wildman–Crippen MR) is 70.9 cm³/mol. The highest BCUT2D eigenvalue weighted by Crippen LogP contribution is 2.30. The Morgan fingerprint density at radius 3 is 2.68 bits per heavy atom. The van der Waals surface area contributed by atoms with E-state index in [1.807, 2.05) is 18.0 Å². The van der Waals surface area contributed by atoms with Gasteiger partial charge < -0.3 is 5.11 Å². The maximum Gasteiger partial charge on any atom is 0.124 e. The summed E-state index contributed by atoms with van der Waals surface area (Å²) in [5, 5.41) is 19.1. The van der Waals surface area contributed by atoms with Crippen molar-refractivity contribution in [3.05, 3.63) is 35.1 Å². The SMILES string of the molecule is CN(Cc1cc(F)cc(C#N)c1)CC1(O)CCCC1. The lowest BCUT2D eigenvalue weighted by atomic mass is 10.0. The molecule has 0 radical (unpaired) electrons. The second-order valence-electron chi connectivity index (χ2n) is 5.56. The van der Waals surface area contributed by atoms with Crippen molar-refractivity contribution in [1.82, 2.24) is 4.90 Å². The van der Waals surface area contributed by atoms with Crippen molar-refractivity contribution < 1.29 is 9.50 Å². The summed E-state index contributed by atoms with van der Waals surface area (Å²) in [5.41, 5.74) is 0.503. The minimum Gasteiger partial charge on any atom is -0.389 e. The van der Waals surface area contributed by atoms with E-state index in [1.54, 1.807) is 6.07 Å². The van der Waals surface area contributed by atoms with Gasteiger partial charge in [-0.15, -0.1) is 0 Å². The Morgan fingerprint density at radius 1 is 1.37 bits per heavy atom. The molecule has 0 amide bonds. The van der Waals surface area contributed by atoms with Crippen molar-refractivity contribution in [2.24, 2.45) is 0 Å². The van der Waals surface area contributed by atoms with Crippen LogP contribution in [0.2, 0.25) is 0 Å². The van der Waals surface area contributed by atoms with Crippen molar-refractivity contribution in [3.63, 3.8) is 0 Å². The van der Waals surface area contributed by atoms with Crippen LogP contribution in [0.15, 0.2) is 18.2 Å². The first-order valence-electron chi connectivity index (χ1n) is 6.61. The number of halogens is 1. The fourth-order valence-corrected chi connectivity index (χ4v) is 2.87. The maximum atomic E-state index is 13.3. The van der Waals surface area contributed by atoms with Gasteiger partial charge in [0.2, 0.25) is 0 Å². The van der Waals surface area contributed by atoms with E-state index in [4.69, 9.17) is 5.26 Å². The number of nitrogens with zero attached hydrogens (tertiary/aromatic N) is 2. The van der Waals surface area contributed by atoms with Gasteiger partial charge in [0.1, 0.15) is 5.82 Å². The molecular weight excluding hydrogens is 243 g/mol. The molecule has 0 unspecified atom stereocenters. The molecule has 1 fully saturated rings. The molecule has 0 saturated heterocycles.